The highest BCUT2D eigenvalue weighted by atomic mass is 35.5. The minimum Gasteiger partial charge on any atom is -0.379 e. The van der Waals surface area contributed by atoms with Gasteiger partial charge in [-0.15, -0.1) is 15.3 Å². The van der Waals surface area contributed by atoms with Gasteiger partial charge in [0.15, 0.2) is 9.84 Å². The molecule has 0 spiro atoms. The molecule has 3 aliphatic rings. The summed E-state index contributed by atoms with van der Waals surface area (Å²) < 4.78 is 143. The Bertz CT molecular complexity index is 5000. The number of sulfone groups is 1. The first-order valence-electron chi connectivity index (χ1n) is 40.0. The molecule has 6 aromatic carbocycles. The number of aromatic nitrogens is 9. The van der Waals surface area contributed by atoms with E-state index in [4.69, 9.17) is 112 Å². The quantitative estimate of drug-likeness (QED) is 0.0335. The molecule has 2 N–H and O–H groups in total. The van der Waals surface area contributed by atoms with E-state index >= 15 is 0 Å². The topological polar surface area (TPSA) is 315 Å². The van der Waals surface area contributed by atoms with Gasteiger partial charge in [0.25, 0.3) is 0 Å². The number of likely N-dealkylation sites (N-methyl/N-ethyl adjacent to an activating group) is 3. The predicted octanol–water partition coefficient (Wildman–Crippen LogP) is 10.3. The average molecular weight is 1850 g/mol. The van der Waals surface area contributed by atoms with E-state index in [1.54, 1.807) is 93.0 Å². The van der Waals surface area contributed by atoms with Crippen molar-refractivity contribution in [2.75, 3.05) is 179 Å². The molecule has 0 amide bonds. The Hall–Kier alpha value is -6.27. The summed E-state index contributed by atoms with van der Waals surface area (Å²) in [5, 5.41) is 29.8. The van der Waals surface area contributed by atoms with E-state index in [0.717, 1.165) is 55.8 Å². The first kappa shape index (κ1) is 93.9. The second-order valence-corrected chi connectivity index (χ2v) is 38.0. The first-order valence-corrected chi connectivity index (χ1v) is 46.9. The summed E-state index contributed by atoms with van der Waals surface area (Å²) in [4.78, 5) is 9.20. The first-order chi connectivity index (χ1) is 58.4. The van der Waals surface area contributed by atoms with Crippen molar-refractivity contribution in [3.8, 4) is 0 Å². The van der Waals surface area contributed by atoms with Crippen LogP contribution in [0.4, 0.5) is 0 Å². The number of halogens is 6. The Kier molecular flexibility index (Phi) is 35.9. The van der Waals surface area contributed by atoms with Crippen LogP contribution in [0.25, 0.3) is 0 Å². The highest BCUT2D eigenvalue weighted by Gasteiger charge is 2.33. The van der Waals surface area contributed by atoms with Gasteiger partial charge in [0.2, 0.25) is 20.0 Å². The maximum atomic E-state index is 13.5. The fourth-order valence-electron chi connectivity index (χ4n) is 14.8. The Balaban J connectivity index is 0.538. The van der Waals surface area contributed by atoms with Crippen molar-refractivity contribution in [1.29, 1.82) is 0 Å². The van der Waals surface area contributed by atoms with Crippen molar-refractivity contribution < 1.29 is 67.9 Å². The van der Waals surface area contributed by atoms with Gasteiger partial charge in [-0.3, -0.25) is 4.90 Å². The third-order valence-electron chi connectivity index (χ3n) is 20.7. The van der Waals surface area contributed by atoms with E-state index in [9.17, 15) is 25.3 Å². The molecule has 121 heavy (non-hydrogen) atoms. The minimum absolute atomic E-state index is 0.0600. The van der Waals surface area contributed by atoms with Crippen LogP contribution in [-0.4, -0.2) is 268 Å². The van der Waals surface area contributed by atoms with Crippen LogP contribution in [0, 0.1) is 0 Å². The molecule has 39 heteroatoms. The molecule has 3 atom stereocenters. The molecule has 0 radical (unpaired) electrons. The average Bonchev–Trinajstić information content (AvgIpc) is 1.37. The van der Waals surface area contributed by atoms with Crippen LogP contribution in [0.2, 0.25) is 30.1 Å². The summed E-state index contributed by atoms with van der Waals surface area (Å²) in [6.45, 7) is 11.9. The molecule has 656 valence electrons. The van der Waals surface area contributed by atoms with Crippen LogP contribution in [-0.2, 0) is 131 Å². The molecule has 9 aromatic rings. The maximum Gasteiger partial charge on any atom is 0.240 e. The van der Waals surface area contributed by atoms with Crippen molar-refractivity contribution >= 4 is 99.5 Å². The van der Waals surface area contributed by atoms with Gasteiger partial charge in [-0.25, -0.2) is 48.7 Å². The number of rotatable bonds is 51. The highest BCUT2D eigenvalue weighted by molar-refractivity contribution is 7.91. The van der Waals surface area contributed by atoms with Crippen LogP contribution in [0.5, 0.6) is 0 Å². The number of hydrogen-bond acceptors (Lipinski definition) is 25. The lowest BCUT2D eigenvalue weighted by atomic mass is 9.85. The van der Waals surface area contributed by atoms with Crippen LogP contribution in [0.1, 0.15) is 91.3 Å². The third kappa shape index (κ3) is 27.9. The lowest BCUT2D eigenvalue weighted by Crippen LogP contribution is -2.31. The Morgan fingerprint density at radius 2 is 0.769 bits per heavy atom. The van der Waals surface area contributed by atoms with Gasteiger partial charge in [-0.05, 0) is 150 Å². The van der Waals surface area contributed by atoms with Crippen molar-refractivity contribution in [1.82, 2.24) is 74.0 Å². The lowest BCUT2D eigenvalue weighted by molar-refractivity contribution is 0.0129. The fourth-order valence-corrected chi connectivity index (χ4v) is 20.0. The van der Waals surface area contributed by atoms with Gasteiger partial charge >= 0.3 is 0 Å². The van der Waals surface area contributed by atoms with Gasteiger partial charge in [0.1, 0.15) is 0 Å². The SMILES string of the molecule is CN1Cc2c(Cl)cc(Cl)cc2[C@H](c2cccc(S(=O)(=O)CCCOCCOCCOCCn3cc(CN(Cc4cn(CCOCCOCCOCCNS(=O)(=O)c5cccc([C@@H]6CN(C)Cc7c(Cl)cc(Cl)cc76)c5)nn4)Cc4cnnn4CCOCCOCCOCCNS(=O)(=O)c4cccc([C@@H]5CN(C)Cc6c(Cl)cc(Cl)cc65)c4)nn3)c2)C1. The smallest absolute Gasteiger partial charge is 0.240 e. The van der Waals surface area contributed by atoms with Crippen LogP contribution < -0.4 is 9.44 Å². The summed E-state index contributed by atoms with van der Waals surface area (Å²) in [5.74, 6) is -0.366. The van der Waals surface area contributed by atoms with Crippen LogP contribution in [0.15, 0.2) is 142 Å². The summed E-state index contributed by atoms with van der Waals surface area (Å²) >= 11 is 39.0. The molecule has 0 saturated heterocycles. The van der Waals surface area contributed by atoms with Crippen molar-refractivity contribution in [2.24, 2.45) is 0 Å². The maximum absolute atomic E-state index is 13.5. The molecular formula is C82H103Cl6N15O15S3. The molecule has 12 rings (SSSR count). The zero-order valence-electron chi connectivity index (χ0n) is 67.8. The fraction of sp³-hybridized carbons (Fsp3) is 0.488. The van der Waals surface area contributed by atoms with Gasteiger partial charge < -0.3 is 57.3 Å². The van der Waals surface area contributed by atoms with Crippen molar-refractivity contribution in [2.45, 2.75) is 97.8 Å². The number of ether oxygens (including phenoxy) is 9. The summed E-state index contributed by atoms with van der Waals surface area (Å²) in [6, 6.07) is 32.0. The van der Waals surface area contributed by atoms with Gasteiger partial charge in [0.05, 0.1) is 176 Å². The van der Waals surface area contributed by atoms with Crippen molar-refractivity contribution in [3.63, 3.8) is 0 Å². The summed E-state index contributed by atoms with van der Waals surface area (Å²) in [7, 11) is -5.21. The van der Waals surface area contributed by atoms with E-state index in [-0.39, 0.29) is 90.9 Å². The molecule has 0 saturated carbocycles. The number of nitrogens with one attached hydrogen (secondary N) is 2. The normalized spacial score (nSPS) is 16.2. The molecule has 0 fully saturated rings. The summed E-state index contributed by atoms with van der Waals surface area (Å²) in [5.41, 5.74) is 10.8. The molecular weight excluding hydrogens is 1740 g/mol. The predicted molar refractivity (Wildman–Crippen MR) is 461 cm³/mol. The Labute approximate surface area is 737 Å². The van der Waals surface area contributed by atoms with E-state index < -0.39 is 29.9 Å². The number of nitrogens with zero attached hydrogens (tertiary/aromatic N) is 13. The molecule has 3 aliphatic heterocycles. The van der Waals surface area contributed by atoms with Crippen molar-refractivity contribution in [3.05, 3.63) is 225 Å². The number of hydrogen-bond donors (Lipinski definition) is 2. The second-order valence-electron chi connectivity index (χ2n) is 29.9. The largest absolute Gasteiger partial charge is 0.379 e. The lowest BCUT2D eigenvalue weighted by Gasteiger charge is -2.33. The standard InChI is InChI=1S/C82H103Cl6N15O15S3/c1-97-53-74(71-41-62(83)44-80(86)77(71)56-97)59-8-4-11-68(38-59)119(104,105)37-7-19-110-25-31-116-34-28-113-22-16-101-50-65(92-95-101)48-100(49-66-51-102(96-93-66)17-23-114-29-35-117-32-26-111-20-14-90-120(106,107)69-12-5-9-60(39-69)75-54-98(2)57-78-72(75)42-63(84)45-81(78)87)52-67-47-89-94-103(67)18-24-115-30-36-118-33-27-112-21-15-91-121(108,109)70-13-6-10-61(40-70)76-55-99(3)58-79-73(76)43-64(85)46-82(79)88/h4-6,8-13,38-47,50-51,74-76,90-91H,7,14-37,48-49,52-58H2,1-3H3/t74-,75-,76-/m0/s1. The Morgan fingerprint density at radius 1 is 0.413 bits per heavy atom. The van der Waals surface area contributed by atoms with Crippen LogP contribution in [0.3, 0.4) is 0 Å². The number of benzene rings is 6. The Morgan fingerprint density at radius 3 is 1.17 bits per heavy atom. The zero-order chi connectivity index (χ0) is 85.3. The molecule has 0 bridgehead atoms. The number of sulfonamides is 2. The second kappa shape index (κ2) is 46.3. The monoisotopic (exact) mass is 1840 g/mol. The van der Waals surface area contributed by atoms with Gasteiger partial charge in [-0.1, -0.05) is 122 Å². The van der Waals surface area contributed by atoms with E-state index in [2.05, 4.69) is 60.0 Å². The minimum atomic E-state index is -3.84. The number of fused-ring (bicyclic) bond motifs is 3. The molecule has 0 aliphatic carbocycles. The van der Waals surface area contributed by atoms with Gasteiger partial charge in [0, 0.05) is 139 Å². The molecule has 30 nitrogen and oxygen atoms in total. The van der Waals surface area contributed by atoms with E-state index in [1.165, 1.54) is 0 Å². The van der Waals surface area contributed by atoms with E-state index in [1.807, 2.05) is 69.9 Å². The molecule has 0 unspecified atom stereocenters. The van der Waals surface area contributed by atoms with Gasteiger partial charge in [-0.2, -0.15) is 0 Å². The van der Waals surface area contributed by atoms with E-state index in [0.29, 0.717) is 206 Å². The van der Waals surface area contributed by atoms with Crippen LogP contribution >= 0.6 is 69.6 Å². The highest BCUT2D eigenvalue weighted by Crippen LogP contribution is 2.42. The summed E-state index contributed by atoms with van der Waals surface area (Å²) in [6.07, 6.45) is 5.77. The third-order valence-corrected chi connectivity index (χ3v) is 27.0. The molecule has 3 aromatic heterocycles. The zero-order valence-corrected chi connectivity index (χ0v) is 74.8. The molecule has 6 heterocycles.